The molecular weight excluding hydrogens is 793 g/mol. The zero-order valence-electron chi connectivity index (χ0n) is 30.5. The minimum Gasteiger partial charge on any atom is -1.00 e. The maximum absolute atomic E-state index is 12.5. The van der Waals surface area contributed by atoms with Crippen LogP contribution in [0.4, 0.5) is 26.3 Å². The Morgan fingerprint density at radius 2 is 1.02 bits per heavy atom. The topological polar surface area (TPSA) is 0 Å². The van der Waals surface area contributed by atoms with Gasteiger partial charge in [-0.3, -0.25) is 6.08 Å². The summed E-state index contributed by atoms with van der Waals surface area (Å²) in [5, 5.41) is 5.53. The van der Waals surface area contributed by atoms with Crippen LogP contribution in [0.3, 0.4) is 0 Å². The van der Waals surface area contributed by atoms with Gasteiger partial charge in [-0.1, -0.05) is 79.8 Å². The molecule has 0 aromatic heterocycles. The molecule has 1 aliphatic carbocycles. The van der Waals surface area contributed by atoms with E-state index in [1.807, 2.05) is 0 Å². The first-order chi connectivity index (χ1) is 23.2. The maximum atomic E-state index is 12.5. The van der Waals surface area contributed by atoms with Crippen molar-refractivity contribution in [1.82, 2.24) is 0 Å². The molecule has 6 rings (SSSR count). The van der Waals surface area contributed by atoms with E-state index in [0.717, 1.165) is 48.5 Å². The van der Waals surface area contributed by atoms with Crippen molar-refractivity contribution in [3.63, 3.8) is 0 Å². The van der Waals surface area contributed by atoms with Gasteiger partial charge in [-0.25, -0.2) is 6.08 Å². The Hall–Kier alpha value is -2.86. The number of hydrogen-bond donors (Lipinski definition) is 0. The normalized spacial score (nSPS) is 14.1. The number of hydrogen-bond acceptors (Lipinski definition) is 0. The van der Waals surface area contributed by atoms with Crippen LogP contribution in [-0.4, -0.2) is 3.21 Å². The molecule has 0 radical (unpaired) electrons. The van der Waals surface area contributed by atoms with Crippen molar-refractivity contribution in [3.8, 4) is 0 Å². The molecular formula is C43H42Cl2F6Zr-2. The van der Waals surface area contributed by atoms with Crippen LogP contribution in [0, 0.1) is 45.1 Å². The van der Waals surface area contributed by atoms with Crippen LogP contribution in [-0.2, 0) is 36.6 Å². The number of alkyl halides is 6. The van der Waals surface area contributed by atoms with Crippen molar-refractivity contribution in [1.29, 1.82) is 0 Å². The molecule has 5 aromatic rings. The van der Waals surface area contributed by atoms with Gasteiger partial charge in [0.15, 0.2) is 0 Å². The zero-order chi connectivity index (χ0) is 37.2. The third-order valence-electron chi connectivity index (χ3n) is 9.07. The molecule has 1 atom stereocenters. The van der Waals surface area contributed by atoms with Crippen LogP contribution >= 0.6 is 0 Å². The number of aryl methyl sites for hydroxylation is 4. The summed E-state index contributed by atoms with van der Waals surface area (Å²) in [5.74, 6) is 0.573. The Labute approximate surface area is 330 Å². The van der Waals surface area contributed by atoms with Gasteiger partial charge in [-0.05, 0) is 27.7 Å². The first-order valence-electron chi connectivity index (χ1n) is 16.5. The Bertz CT molecular complexity index is 1920. The Balaban J connectivity index is 0.000000279. The van der Waals surface area contributed by atoms with Crippen LogP contribution < -0.4 is 24.8 Å². The average Bonchev–Trinajstić information content (AvgIpc) is 3.66. The molecule has 52 heavy (non-hydrogen) atoms. The predicted octanol–water partition coefficient (Wildman–Crippen LogP) is 7.15. The Kier molecular flexibility index (Phi) is 15.7. The van der Waals surface area contributed by atoms with E-state index >= 15 is 0 Å². The summed E-state index contributed by atoms with van der Waals surface area (Å²) >= 11 is 0.898. The van der Waals surface area contributed by atoms with Crippen LogP contribution in [0.15, 0.2) is 96.6 Å². The first kappa shape index (κ1) is 45.3. The molecule has 0 heterocycles. The largest absolute Gasteiger partial charge is 1.00 e. The molecule has 0 saturated heterocycles. The third kappa shape index (κ3) is 11.3. The summed E-state index contributed by atoms with van der Waals surface area (Å²) in [6.45, 7) is 17.7. The van der Waals surface area contributed by atoms with Crippen molar-refractivity contribution < 1.29 is 75.4 Å². The van der Waals surface area contributed by atoms with Gasteiger partial charge in [0.05, 0.1) is 0 Å². The molecule has 1 unspecified atom stereocenters. The predicted molar refractivity (Wildman–Crippen MR) is 191 cm³/mol. The van der Waals surface area contributed by atoms with Gasteiger partial charge in [0.25, 0.3) is 0 Å². The standard InChI is InChI=1S/C17H17.C15H8F6.C11H17.2ClH.Zr/c1-10-5-14-9-15-6-11(2)13(4)8-17(15)16(14)7-12(10)3;16-14(17,18)12-5-1-10(2-6-12)9-11-3-7-13(8-4-11)15(19,20)21;1-5-9-6-7-10(8-9)11(2,3)4;;;/h5-9H,1-4H3;1-8H;7-9H,5H2,1-4H3;2*1H;/q-1;;-1;;;+2/p-2. The van der Waals surface area contributed by atoms with Gasteiger partial charge >= 0.3 is 137 Å². The number of rotatable bonds is 3. The van der Waals surface area contributed by atoms with Gasteiger partial charge in [0.1, 0.15) is 0 Å². The fraction of sp³-hybridized carbons (Fsp3) is 0.302. The smallest absolute Gasteiger partial charge is 1.00 e. The summed E-state index contributed by atoms with van der Waals surface area (Å²) < 4.78 is 75.6. The molecule has 0 saturated carbocycles. The minimum absolute atomic E-state index is 0. The molecule has 0 bridgehead atoms. The average molecular weight is 835 g/mol. The maximum Gasteiger partial charge on any atom is -1.00 e. The van der Waals surface area contributed by atoms with Gasteiger partial charge in [0.2, 0.25) is 0 Å². The summed E-state index contributed by atoms with van der Waals surface area (Å²) in [6, 6.07) is 20.7. The Morgan fingerprint density at radius 3 is 1.31 bits per heavy atom. The number of fused-ring (bicyclic) bond motifs is 3. The van der Waals surface area contributed by atoms with Crippen molar-refractivity contribution in [2.75, 3.05) is 0 Å². The third-order valence-corrected chi connectivity index (χ3v) is 10.5. The Morgan fingerprint density at radius 1 is 0.654 bits per heavy atom. The fourth-order valence-electron chi connectivity index (χ4n) is 5.58. The molecule has 0 nitrogen and oxygen atoms in total. The molecule has 0 spiro atoms. The first-order valence-corrected chi connectivity index (χ1v) is 17.7. The van der Waals surface area contributed by atoms with Gasteiger partial charge < -0.3 is 24.8 Å². The van der Waals surface area contributed by atoms with Crippen molar-refractivity contribution in [2.45, 2.75) is 74.2 Å². The summed E-state index contributed by atoms with van der Waals surface area (Å²) in [7, 11) is 0. The van der Waals surface area contributed by atoms with Crippen LogP contribution in [0.25, 0.3) is 21.5 Å². The van der Waals surface area contributed by atoms with Crippen LogP contribution in [0.2, 0.25) is 0 Å². The van der Waals surface area contributed by atoms with Crippen LogP contribution in [0.5, 0.6) is 0 Å². The van der Waals surface area contributed by atoms with E-state index in [1.165, 1.54) is 80.1 Å². The molecule has 0 N–H and O–H groups in total. The summed E-state index contributed by atoms with van der Waals surface area (Å²) in [5.41, 5.74) is 6.85. The monoisotopic (exact) mass is 832 g/mol. The second-order valence-corrected chi connectivity index (χ2v) is 15.1. The fourth-order valence-corrected chi connectivity index (χ4v) is 6.40. The second kappa shape index (κ2) is 18.0. The van der Waals surface area contributed by atoms with Gasteiger partial charge in [-0.2, -0.15) is 11.6 Å². The molecule has 0 aliphatic heterocycles. The molecule has 9 heteroatoms. The minimum atomic E-state index is -4.41. The van der Waals surface area contributed by atoms with E-state index in [2.05, 4.69) is 104 Å². The van der Waals surface area contributed by atoms with E-state index < -0.39 is 23.5 Å². The van der Waals surface area contributed by atoms with E-state index in [0.29, 0.717) is 25.7 Å². The SMILES string of the molecule is CCC1[C-]=CC(C(C)(C)C)=C1.Cc1cc2[cH-]c3cc(C)c(C)cc3c2cc1C.FC(F)(F)c1ccc([C](=[Zr+2])c2ccc(C(F)(F)F)cc2)cc1.[Cl-].[Cl-]. The molecule has 276 valence electrons. The van der Waals surface area contributed by atoms with Crippen molar-refractivity contribution >= 4 is 24.8 Å². The van der Waals surface area contributed by atoms with Crippen molar-refractivity contribution in [2.24, 2.45) is 11.3 Å². The van der Waals surface area contributed by atoms with E-state index in [9.17, 15) is 26.3 Å². The number of halogens is 8. The number of allylic oxidation sites excluding steroid dienone is 4. The number of benzene rings is 4. The summed E-state index contributed by atoms with van der Waals surface area (Å²) in [4.78, 5) is 0. The summed E-state index contributed by atoms with van der Waals surface area (Å²) in [6.07, 6.45) is 0.185. The molecule has 0 amide bonds. The quantitative estimate of drug-likeness (QED) is 0.134. The molecule has 1 aliphatic rings. The van der Waals surface area contributed by atoms with E-state index in [1.54, 1.807) is 0 Å². The van der Waals surface area contributed by atoms with Gasteiger partial charge in [0, 0.05) is 0 Å². The van der Waals surface area contributed by atoms with Crippen LogP contribution in [0.1, 0.15) is 78.6 Å². The van der Waals surface area contributed by atoms with E-state index in [4.69, 9.17) is 0 Å². The second-order valence-electron chi connectivity index (χ2n) is 13.9. The van der Waals surface area contributed by atoms with Gasteiger partial charge in [-0.15, -0.1) is 39.7 Å². The molecule has 0 fully saturated rings. The molecule has 5 aromatic carbocycles. The van der Waals surface area contributed by atoms with E-state index in [-0.39, 0.29) is 24.8 Å². The zero-order valence-corrected chi connectivity index (χ0v) is 34.4. The van der Waals surface area contributed by atoms with Crippen molar-refractivity contribution in [3.05, 3.63) is 147 Å².